The number of halogens is 2. The molecule has 2 rings (SSSR count). The van der Waals surface area contributed by atoms with Gasteiger partial charge in [0.25, 0.3) is 0 Å². The molecule has 2 atom stereocenters. The second kappa shape index (κ2) is 6.82. The fraction of sp³-hybridized carbons (Fsp3) is 0.571. The molecule has 2 unspecified atom stereocenters. The number of hydrogen-bond donors (Lipinski definition) is 2. The lowest BCUT2D eigenvalue weighted by molar-refractivity contribution is -0.0499. The van der Waals surface area contributed by atoms with Gasteiger partial charge in [-0.1, -0.05) is 12.1 Å². The van der Waals surface area contributed by atoms with E-state index in [1.807, 2.05) is 13.0 Å². The normalized spacial score (nSPS) is 20.7. The maximum absolute atomic E-state index is 12.2. The van der Waals surface area contributed by atoms with Crippen LogP contribution in [0.25, 0.3) is 0 Å². The van der Waals surface area contributed by atoms with Crippen molar-refractivity contribution in [3.63, 3.8) is 0 Å². The highest BCUT2D eigenvalue weighted by Gasteiger charge is 2.15. The van der Waals surface area contributed by atoms with Crippen molar-refractivity contribution in [3.05, 3.63) is 29.8 Å². The largest absolute Gasteiger partial charge is 0.435 e. The molecule has 1 aromatic carbocycles. The van der Waals surface area contributed by atoms with Crippen LogP contribution in [0.3, 0.4) is 0 Å². The Bertz CT molecular complexity index is 395. The summed E-state index contributed by atoms with van der Waals surface area (Å²) in [5, 5.41) is 6.83. The minimum absolute atomic E-state index is 0.114. The average Bonchev–Trinajstić information content (AvgIpc) is 2.88. The molecule has 1 aliphatic rings. The SMILES string of the molecule is CC(NCC1CCCN1)c1cccc(OC(F)F)c1. The monoisotopic (exact) mass is 270 g/mol. The van der Waals surface area contributed by atoms with E-state index in [2.05, 4.69) is 15.4 Å². The number of benzene rings is 1. The van der Waals surface area contributed by atoms with Gasteiger partial charge >= 0.3 is 6.61 Å². The van der Waals surface area contributed by atoms with Gasteiger partial charge < -0.3 is 15.4 Å². The molecule has 0 spiro atoms. The lowest BCUT2D eigenvalue weighted by atomic mass is 10.1. The molecule has 1 aliphatic heterocycles. The number of hydrogen-bond acceptors (Lipinski definition) is 3. The Balaban J connectivity index is 1.88. The molecule has 3 nitrogen and oxygen atoms in total. The molecule has 2 N–H and O–H groups in total. The topological polar surface area (TPSA) is 33.3 Å². The van der Waals surface area contributed by atoms with Crippen LogP contribution in [-0.4, -0.2) is 25.7 Å². The van der Waals surface area contributed by atoms with Crippen molar-refractivity contribution in [3.8, 4) is 5.75 Å². The first kappa shape index (κ1) is 14.2. The highest BCUT2D eigenvalue weighted by Crippen LogP contribution is 2.20. The van der Waals surface area contributed by atoms with E-state index in [0.29, 0.717) is 6.04 Å². The summed E-state index contributed by atoms with van der Waals surface area (Å²) in [7, 11) is 0. The first-order chi connectivity index (χ1) is 9.15. The number of alkyl halides is 2. The van der Waals surface area contributed by atoms with E-state index in [1.165, 1.54) is 12.8 Å². The van der Waals surface area contributed by atoms with Gasteiger partial charge in [-0.3, -0.25) is 0 Å². The molecule has 0 amide bonds. The molecule has 1 saturated heterocycles. The lowest BCUT2D eigenvalue weighted by Gasteiger charge is -2.18. The van der Waals surface area contributed by atoms with Crippen LogP contribution in [0.1, 0.15) is 31.4 Å². The van der Waals surface area contributed by atoms with E-state index in [-0.39, 0.29) is 11.8 Å². The van der Waals surface area contributed by atoms with Crippen LogP contribution in [0.5, 0.6) is 5.75 Å². The summed E-state index contributed by atoms with van der Waals surface area (Å²) in [6.45, 7) is 1.22. The third kappa shape index (κ3) is 4.44. The fourth-order valence-corrected chi connectivity index (χ4v) is 2.33. The summed E-state index contributed by atoms with van der Waals surface area (Å²) < 4.78 is 28.7. The second-order valence-corrected chi connectivity index (χ2v) is 4.87. The Morgan fingerprint density at radius 3 is 3.00 bits per heavy atom. The summed E-state index contributed by atoms with van der Waals surface area (Å²) in [6, 6.07) is 7.48. The molecule has 5 heteroatoms. The molecule has 1 aromatic rings. The zero-order valence-electron chi connectivity index (χ0n) is 11.0. The minimum Gasteiger partial charge on any atom is -0.435 e. The average molecular weight is 270 g/mol. The van der Waals surface area contributed by atoms with Crippen molar-refractivity contribution in [2.45, 2.75) is 38.5 Å². The second-order valence-electron chi connectivity index (χ2n) is 4.87. The highest BCUT2D eigenvalue weighted by molar-refractivity contribution is 5.30. The van der Waals surface area contributed by atoms with E-state index >= 15 is 0 Å². The van der Waals surface area contributed by atoms with E-state index in [0.717, 1.165) is 18.7 Å². The predicted molar refractivity (Wildman–Crippen MR) is 70.5 cm³/mol. The Morgan fingerprint density at radius 1 is 1.47 bits per heavy atom. The standard InChI is InChI=1S/C14H20F2N2O/c1-10(18-9-12-5-3-7-17-12)11-4-2-6-13(8-11)19-14(15)16/h2,4,6,8,10,12,14,17-18H,3,5,7,9H2,1H3. The van der Waals surface area contributed by atoms with Gasteiger partial charge in [0.2, 0.25) is 0 Å². The van der Waals surface area contributed by atoms with E-state index in [9.17, 15) is 8.78 Å². The molecule has 1 heterocycles. The van der Waals surface area contributed by atoms with E-state index in [4.69, 9.17) is 0 Å². The van der Waals surface area contributed by atoms with Crippen LogP contribution in [-0.2, 0) is 0 Å². The molecular weight excluding hydrogens is 250 g/mol. The Labute approximate surface area is 112 Å². The van der Waals surface area contributed by atoms with Gasteiger partial charge in [0, 0.05) is 18.6 Å². The molecule has 106 valence electrons. The van der Waals surface area contributed by atoms with Gasteiger partial charge in [-0.25, -0.2) is 0 Å². The molecule has 0 radical (unpaired) electrons. The molecule has 0 aromatic heterocycles. The summed E-state index contributed by atoms with van der Waals surface area (Å²) >= 11 is 0. The Morgan fingerprint density at radius 2 is 2.32 bits per heavy atom. The van der Waals surface area contributed by atoms with Gasteiger partial charge in [-0.15, -0.1) is 0 Å². The molecule has 1 fully saturated rings. The van der Waals surface area contributed by atoms with Crippen molar-refractivity contribution in [2.24, 2.45) is 0 Å². The molecule has 0 saturated carbocycles. The van der Waals surface area contributed by atoms with E-state index < -0.39 is 6.61 Å². The third-order valence-corrected chi connectivity index (χ3v) is 3.42. The predicted octanol–water partition coefficient (Wildman–Crippen LogP) is 2.69. The van der Waals surface area contributed by atoms with Gasteiger partial charge in [-0.05, 0) is 44.0 Å². The van der Waals surface area contributed by atoms with Gasteiger partial charge in [0.15, 0.2) is 0 Å². The molecule has 0 aliphatic carbocycles. The highest BCUT2D eigenvalue weighted by atomic mass is 19.3. The molecule has 19 heavy (non-hydrogen) atoms. The maximum Gasteiger partial charge on any atom is 0.387 e. The van der Waals surface area contributed by atoms with Gasteiger partial charge in [0.05, 0.1) is 0 Å². The quantitative estimate of drug-likeness (QED) is 0.834. The Kier molecular flexibility index (Phi) is 5.10. The van der Waals surface area contributed by atoms with Crippen molar-refractivity contribution >= 4 is 0 Å². The maximum atomic E-state index is 12.2. The minimum atomic E-state index is -2.78. The third-order valence-electron chi connectivity index (χ3n) is 3.42. The van der Waals surface area contributed by atoms with Crippen LogP contribution in [0.15, 0.2) is 24.3 Å². The number of nitrogens with one attached hydrogen (secondary N) is 2. The zero-order valence-corrected chi connectivity index (χ0v) is 11.0. The summed E-state index contributed by atoms with van der Waals surface area (Å²) in [4.78, 5) is 0. The van der Waals surface area contributed by atoms with Crippen molar-refractivity contribution in [1.29, 1.82) is 0 Å². The Hall–Kier alpha value is -1.20. The van der Waals surface area contributed by atoms with Gasteiger partial charge in [-0.2, -0.15) is 8.78 Å². The summed E-state index contributed by atoms with van der Waals surface area (Å²) in [6.07, 6.45) is 2.41. The number of rotatable bonds is 6. The first-order valence-corrected chi connectivity index (χ1v) is 6.66. The molecular formula is C14H20F2N2O. The summed E-state index contributed by atoms with van der Waals surface area (Å²) in [5.41, 5.74) is 0.955. The van der Waals surface area contributed by atoms with Crippen LogP contribution < -0.4 is 15.4 Å². The van der Waals surface area contributed by atoms with Crippen LogP contribution in [0.2, 0.25) is 0 Å². The number of ether oxygens (including phenoxy) is 1. The molecule has 0 bridgehead atoms. The lowest BCUT2D eigenvalue weighted by Crippen LogP contribution is -2.35. The van der Waals surface area contributed by atoms with Crippen LogP contribution >= 0.6 is 0 Å². The van der Waals surface area contributed by atoms with Crippen molar-refractivity contribution in [1.82, 2.24) is 10.6 Å². The van der Waals surface area contributed by atoms with Gasteiger partial charge in [0.1, 0.15) is 5.75 Å². The van der Waals surface area contributed by atoms with Crippen molar-refractivity contribution in [2.75, 3.05) is 13.1 Å². The van der Waals surface area contributed by atoms with Crippen LogP contribution in [0, 0.1) is 0 Å². The van der Waals surface area contributed by atoms with Crippen molar-refractivity contribution < 1.29 is 13.5 Å². The van der Waals surface area contributed by atoms with E-state index in [1.54, 1.807) is 18.2 Å². The smallest absolute Gasteiger partial charge is 0.387 e. The zero-order chi connectivity index (χ0) is 13.7. The first-order valence-electron chi connectivity index (χ1n) is 6.66. The van der Waals surface area contributed by atoms with Crippen LogP contribution in [0.4, 0.5) is 8.78 Å². The summed E-state index contributed by atoms with van der Waals surface area (Å²) in [5.74, 6) is 0.208. The fourth-order valence-electron chi connectivity index (χ4n) is 2.33.